The highest BCUT2D eigenvalue weighted by molar-refractivity contribution is 9.10. The smallest absolute Gasteiger partial charge is 0.123 e. The lowest BCUT2D eigenvalue weighted by molar-refractivity contribution is 0.295. The van der Waals surface area contributed by atoms with Gasteiger partial charge in [-0.3, -0.25) is 0 Å². The van der Waals surface area contributed by atoms with Crippen LogP contribution < -0.4 is 10.5 Å². The summed E-state index contributed by atoms with van der Waals surface area (Å²) in [5.41, 5.74) is 8.22. The molecule has 0 fully saturated rings. The first-order valence-electron chi connectivity index (χ1n) is 6.61. The zero-order chi connectivity index (χ0) is 13.9. The Kier molecular flexibility index (Phi) is 4.34. The first kappa shape index (κ1) is 14.0. The highest BCUT2D eigenvalue weighted by Crippen LogP contribution is 2.39. The Morgan fingerprint density at radius 3 is 2.95 bits per heavy atom. The summed E-state index contributed by atoms with van der Waals surface area (Å²) in [4.78, 5) is 1.39. The molecular formula is C16H16BrNOS. The minimum Gasteiger partial charge on any atom is -0.493 e. The van der Waals surface area contributed by atoms with Gasteiger partial charge in [0.15, 0.2) is 0 Å². The maximum absolute atomic E-state index is 6.01. The fourth-order valence-electron chi connectivity index (χ4n) is 2.41. The highest BCUT2D eigenvalue weighted by Gasteiger charge is 2.23. The Hall–Kier alpha value is -0.970. The van der Waals surface area contributed by atoms with Crippen LogP contribution in [0.1, 0.15) is 17.0 Å². The SMILES string of the molecule is NCc1cc(Br)ccc1OCC1CSc2ccccc21. The molecule has 0 aliphatic carbocycles. The lowest BCUT2D eigenvalue weighted by Crippen LogP contribution is -2.11. The predicted molar refractivity (Wildman–Crippen MR) is 87.4 cm³/mol. The van der Waals surface area contributed by atoms with E-state index in [2.05, 4.69) is 40.2 Å². The van der Waals surface area contributed by atoms with Gasteiger partial charge in [-0.25, -0.2) is 0 Å². The van der Waals surface area contributed by atoms with E-state index in [0.717, 1.165) is 21.5 Å². The van der Waals surface area contributed by atoms with Gasteiger partial charge >= 0.3 is 0 Å². The third-order valence-electron chi connectivity index (χ3n) is 3.48. The zero-order valence-corrected chi connectivity index (χ0v) is 13.4. The van der Waals surface area contributed by atoms with Crippen molar-refractivity contribution < 1.29 is 4.74 Å². The maximum Gasteiger partial charge on any atom is 0.123 e. The second kappa shape index (κ2) is 6.20. The van der Waals surface area contributed by atoms with Gasteiger partial charge in [0, 0.05) is 33.1 Å². The largest absolute Gasteiger partial charge is 0.493 e. The molecule has 2 nitrogen and oxygen atoms in total. The third-order valence-corrected chi connectivity index (χ3v) is 5.23. The van der Waals surface area contributed by atoms with E-state index < -0.39 is 0 Å². The van der Waals surface area contributed by atoms with Crippen LogP contribution in [0.3, 0.4) is 0 Å². The first-order valence-corrected chi connectivity index (χ1v) is 8.39. The molecule has 0 aromatic heterocycles. The monoisotopic (exact) mass is 349 g/mol. The van der Waals surface area contributed by atoms with Crippen molar-refractivity contribution in [3.8, 4) is 5.75 Å². The molecule has 3 rings (SSSR count). The van der Waals surface area contributed by atoms with Crippen LogP contribution in [0.25, 0.3) is 0 Å². The maximum atomic E-state index is 6.01. The number of fused-ring (bicyclic) bond motifs is 1. The number of thioether (sulfide) groups is 1. The van der Waals surface area contributed by atoms with Crippen molar-refractivity contribution in [2.75, 3.05) is 12.4 Å². The van der Waals surface area contributed by atoms with Crippen molar-refractivity contribution in [2.24, 2.45) is 5.73 Å². The number of hydrogen-bond acceptors (Lipinski definition) is 3. The molecule has 2 aromatic carbocycles. The summed E-state index contributed by atoms with van der Waals surface area (Å²) in [5, 5.41) is 0. The van der Waals surface area contributed by atoms with E-state index in [9.17, 15) is 0 Å². The van der Waals surface area contributed by atoms with E-state index in [1.807, 2.05) is 30.0 Å². The van der Waals surface area contributed by atoms with E-state index >= 15 is 0 Å². The molecule has 1 atom stereocenters. The van der Waals surface area contributed by atoms with E-state index in [1.165, 1.54) is 10.5 Å². The molecule has 1 aliphatic rings. The molecule has 20 heavy (non-hydrogen) atoms. The lowest BCUT2D eigenvalue weighted by Gasteiger charge is -2.15. The van der Waals surface area contributed by atoms with E-state index in [4.69, 9.17) is 10.5 Å². The molecule has 2 aromatic rings. The van der Waals surface area contributed by atoms with Crippen LogP contribution in [0.15, 0.2) is 51.8 Å². The van der Waals surface area contributed by atoms with Crippen LogP contribution in [-0.2, 0) is 6.54 Å². The van der Waals surface area contributed by atoms with Crippen LogP contribution in [0, 0.1) is 0 Å². The van der Waals surface area contributed by atoms with Crippen molar-refractivity contribution >= 4 is 27.7 Å². The standard InChI is InChI=1S/C16H16BrNOS/c17-13-5-6-15(11(7-13)8-18)19-9-12-10-20-16-4-2-1-3-14(12)16/h1-7,12H,8-10,18H2. The molecule has 104 valence electrons. The number of ether oxygens (including phenoxy) is 1. The Bertz CT molecular complexity index is 617. The molecule has 0 bridgehead atoms. The van der Waals surface area contributed by atoms with Crippen molar-refractivity contribution in [1.82, 2.24) is 0 Å². The van der Waals surface area contributed by atoms with Crippen LogP contribution in [0.4, 0.5) is 0 Å². The Morgan fingerprint density at radius 2 is 2.10 bits per heavy atom. The van der Waals surface area contributed by atoms with Gasteiger partial charge < -0.3 is 10.5 Å². The van der Waals surface area contributed by atoms with Crippen LogP contribution in [0.2, 0.25) is 0 Å². The molecule has 0 amide bonds. The zero-order valence-electron chi connectivity index (χ0n) is 11.0. The number of nitrogens with two attached hydrogens (primary N) is 1. The number of benzene rings is 2. The van der Waals surface area contributed by atoms with E-state index in [-0.39, 0.29) is 0 Å². The molecule has 1 unspecified atom stereocenters. The van der Waals surface area contributed by atoms with Crippen molar-refractivity contribution in [3.05, 3.63) is 58.1 Å². The number of hydrogen-bond donors (Lipinski definition) is 1. The molecule has 0 saturated heterocycles. The molecule has 0 spiro atoms. The van der Waals surface area contributed by atoms with Gasteiger partial charge in [0.05, 0.1) is 6.61 Å². The first-order chi connectivity index (χ1) is 9.78. The van der Waals surface area contributed by atoms with Crippen LogP contribution >= 0.6 is 27.7 Å². The highest BCUT2D eigenvalue weighted by atomic mass is 79.9. The minimum atomic E-state index is 0.463. The van der Waals surface area contributed by atoms with Gasteiger partial charge in [-0.2, -0.15) is 0 Å². The molecule has 0 saturated carbocycles. The molecule has 1 aliphatic heterocycles. The summed E-state index contributed by atoms with van der Waals surface area (Å²) in [6.45, 7) is 1.20. The van der Waals surface area contributed by atoms with Gasteiger partial charge in [-0.05, 0) is 29.8 Å². The summed E-state index contributed by atoms with van der Waals surface area (Å²) in [7, 11) is 0. The molecule has 4 heteroatoms. The second-order valence-electron chi connectivity index (χ2n) is 4.81. The van der Waals surface area contributed by atoms with Crippen LogP contribution in [0.5, 0.6) is 5.75 Å². The summed E-state index contributed by atoms with van der Waals surface area (Å²) in [6.07, 6.45) is 0. The Labute approximate surface area is 131 Å². The second-order valence-corrected chi connectivity index (χ2v) is 6.79. The normalized spacial score (nSPS) is 17.0. The van der Waals surface area contributed by atoms with Crippen LogP contribution in [-0.4, -0.2) is 12.4 Å². The summed E-state index contributed by atoms with van der Waals surface area (Å²) >= 11 is 5.37. The molecule has 2 N–H and O–H groups in total. The van der Waals surface area contributed by atoms with Gasteiger partial charge in [-0.15, -0.1) is 11.8 Å². The van der Waals surface area contributed by atoms with E-state index in [1.54, 1.807) is 0 Å². The fourth-order valence-corrected chi connectivity index (χ4v) is 4.05. The van der Waals surface area contributed by atoms with Crippen molar-refractivity contribution in [2.45, 2.75) is 17.4 Å². The molecular weight excluding hydrogens is 334 g/mol. The molecule has 1 heterocycles. The molecule has 0 radical (unpaired) electrons. The average Bonchev–Trinajstić information content (AvgIpc) is 2.89. The summed E-state index contributed by atoms with van der Waals surface area (Å²) < 4.78 is 7.04. The van der Waals surface area contributed by atoms with Crippen molar-refractivity contribution in [3.63, 3.8) is 0 Å². The minimum absolute atomic E-state index is 0.463. The van der Waals surface area contributed by atoms with Gasteiger partial charge in [0.1, 0.15) is 5.75 Å². The lowest BCUT2D eigenvalue weighted by atomic mass is 10.0. The topological polar surface area (TPSA) is 35.2 Å². The summed E-state index contributed by atoms with van der Waals surface area (Å²) in [6, 6.07) is 14.6. The van der Waals surface area contributed by atoms with Gasteiger partial charge in [0.25, 0.3) is 0 Å². The predicted octanol–water partition coefficient (Wildman–Crippen LogP) is 4.18. The quantitative estimate of drug-likeness (QED) is 0.899. The van der Waals surface area contributed by atoms with Crippen molar-refractivity contribution in [1.29, 1.82) is 0 Å². The average molecular weight is 350 g/mol. The summed E-state index contributed by atoms with van der Waals surface area (Å²) in [5.74, 6) is 2.45. The Morgan fingerprint density at radius 1 is 1.25 bits per heavy atom. The Balaban J connectivity index is 1.72. The number of rotatable bonds is 4. The van der Waals surface area contributed by atoms with Gasteiger partial charge in [0.2, 0.25) is 0 Å². The number of halogens is 1. The van der Waals surface area contributed by atoms with E-state index in [0.29, 0.717) is 19.1 Å². The fraction of sp³-hybridized carbons (Fsp3) is 0.250. The third kappa shape index (κ3) is 2.87. The van der Waals surface area contributed by atoms with Gasteiger partial charge in [-0.1, -0.05) is 34.1 Å².